The summed E-state index contributed by atoms with van der Waals surface area (Å²) in [5.41, 5.74) is 0.428. The number of sulfonamides is 1. The predicted molar refractivity (Wildman–Crippen MR) is 74.0 cm³/mol. The number of aromatic nitrogens is 1. The molecule has 0 saturated carbocycles. The van der Waals surface area contributed by atoms with Crippen LogP contribution in [0.1, 0.15) is 11.1 Å². The van der Waals surface area contributed by atoms with E-state index in [0.717, 1.165) is 28.1 Å². The summed E-state index contributed by atoms with van der Waals surface area (Å²) in [6.45, 7) is 0.134. The molecule has 0 fully saturated rings. The smallest absolute Gasteiger partial charge is 0.243 e. The summed E-state index contributed by atoms with van der Waals surface area (Å²) in [5.74, 6) is -0.744. The monoisotopic (exact) mass is 305 g/mol. The zero-order chi connectivity index (χ0) is 15.5. The molecule has 108 valence electrons. The lowest BCUT2D eigenvalue weighted by molar-refractivity contribution is 0.466. The van der Waals surface area contributed by atoms with Gasteiger partial charge in [-0.05, 0) is 29.8 Å². The van der Waals surface area contributed by atoms with Gasteiger partial charge in [0, 0.05) is 26.0 Å². The SMILES string of the molecule is CN(Cc1cccnc1)S(=O)(=O)c1ccc(F)c(C#N)c1. The van der Waals surface area contributed by atoms with E-state index < -0.39 is 15.8 Å². The molecule has 0 radical (unpaired) electrons. The predicted octanol–water partition coefficient (Wildman–Crippen LogP) is 1.91. The van der Waals surface area contributed by atoms with Gasteiger partial charge in [0.1, 0.15) is 11.9 Å². The number of hydrogen-bond donors (Lipinski definition) is 0. The largest absolute Gasteiger partial charge is 0.264 e. The van der Waals surface area contributed by atoms with Crippen molar-refractivity contribution >= 4 is 10.0 Å². The van der Waals surface area contributed by atoms with Crippen molar-refractivity contribution in [2.24, 2.45) is 0 Å². The van der Waals surface area contributed by atoms with E-state index in [-0.39, 0.29) is 17.0 Å². The molecule has 0 saturated heterocycles. The van der Waals surface area contributed by atoms with Crippen LogP contribution in [0, 0.1) is 17.1 Å². The molecule has 0 aliphatic rings. The van der Waals surface area contributed by atoms with Gasteiger partial charge in [0.25, 0.3) is 0 Å². The molecule has 0 aliphatic carbocycles. The van der Waals surface area contributed by atoms with Crippen molar-refractivity contribution < 1.29 is 12.8 Å². The molecule has 2 aromatic rings. The zero-order valence-electron chi connectivity index (χ0n) is 11.2. The number of nitriles is 1. The highest BCUT2D eigenvalue weighted by Gasteiger charge is 2.22. The summed E-state index contributed by atoms with van der Waals surface area (Å²) in [4.78, 5) is 3.80. The minimum absolute atomic E-state index is 0.119. The van der Waals surface area contributed by atoms with Crippen molar-refractivity contribution in [1.82, 2.24) is 9.29 Å². The maximum Gasteiger partial charge on any atom is 0.243 e. The molecular formula is C14H12FN3O2S. The molecule has 0 spiro atoms. The molecule has 1 aromatic carbocycles. The minimum atomic E-state index is -3.80. The number of rotatable bonds is 4. The van der Waals surface area contributed by atoms with E-state index in [9.17, 15) is 12.8 Å². The van der Waals surface area contributed by atoms with Crippen LogP contribution in [0.15, 0.2) is 47.6 Å². The van der Waals surface area contributed by atoms with Gasteiger partial charge in [-0.25, -0.2) is 12.8 Å². The Bertz CT molecular complexity index is 786. The maximum absolute atomic E-state index is 13.3. The summed E-state index contributed by atoms with van der Waals surface area (Å²) in [6, 6.07) is 8.24. The Balaban J connectivity index is 2.31. The van der Waals surface area contributed by atoms with Gasteiger partial charge in [-0.1, -0.05) is 6.07 Å². The van der Waals surface area contributed by atoms with Crippen LogP contribution >= 0.6 is 0 Å². The molecule has 0 bridgehead atoms. The van der Waals surface area contributed by atoms with Crippen molar-refractivity contribution in [1.29, 1.82) is 5.26 Å². The average Bonchev–Trinajstić information content (AvgIpc) is 2.48. The number of pyridine rings is 1. The second-order valence-electron chi connectivity index (χ2n) is 4.38. The minimum Gasteiger partial charge on any atom is -0.264 e. The summed E-state index contributed by atoms with van der Waals surface area (Å²) in [5, 5.41) is 8.78. The summed E-state index contributed by atoms with van der Waals surface area (Å²) in [6.07, 6.45) is 3.16. The summed E-state index contributed by atoms with van der Waals surface area (Å²) in [7, 11) is -2.38. The molecule has 0 atom stereocenters. The van der Waals surface area contributed by atoms with Crippen molar-refractivity contribution in [3.8, 4) is 6.07 Å². The second-order valence-corrected chi connectivity index (χ2v) is 6.42. The normalized spacial score (nSPS) is 11.3. The number of benzene rings is 1. The molecule has 1 heterocycles. The van der Waals surface area contributed by atoms with Gasteiger partial charge in [0.05, 0.1) is 10.5 Å². The first-order valence-corrected chi connectivity index (χ1v) is 7.44. The van der Waals surface area contributed by atoms with E-state index in [0.29, 0.717) is 0 Å². The highest BCUT2D eigenvalue weighted by atomic mass is 32.2. The first kappa shape index (κ1) is 15.1. The van der Waals surface area contributed by atoms with E-state index in [1.807, 2.05) is 0 Å². The Kier molecular flexibility index (Phi) is 4.31. The van der Waals surface area contributed by atoms with Crippen molar-refractivity contribution in [2.75, 3.05) is 7.05 Å². The summed E-state index contributed by atoms with van der Waals surface area (Å²) < 4.78 is 39.2. The number of nitrogens with zero attached hydrogens (tertiary/aromatic N) is 3. The van der Waals surface area contributed by atoms with Gasteiger partial charge in [-0.15, -0.1) is 0 Å². The van der Waals surface area contributed by atoms with Crippen LogP contribution in [0.2, 0.25) is 0 Å². The molecule has 0 unspecified atom stereocenters. The Morgan fingerprint density at radius 2 is 2.14 bits per heavy atom. The van der Waals surface area contributed by atoms with Gasteiger partial charge in [-0.2, -0.15) is 9.57 Å². The summed E-state index contributed by atoms with van der Waals surface area (Å²) >= 11 is 0. The van der Waals surface area contributed by atoms with Crippen LogP contribution < -0.4 is 0 Å². The molecule has 7 heteroatoms. The van der Waals surface area contributed by atoms with Crippen LogP contribution in [-0.2, 0) is 16.6 Å². The average molecular weight is 305 g/mol. The molecule has 21 heavy (non-hydrogen) atoms. The van der Waals surface area contributed by atoms with Crippen molar-refractivity contribution in [3.05, 3.63) is 59.7 Å². The third-order valence-electron chi connectivity index (χ3n) is 2.89. The highest BCUT2D eigenvalue weighted by Crippen LogP contribution is 2.19. The van der Waals surface area contributed by atoms with Crippen LogP contribution in [-0.4, -0.2) is 24.8 Å². The van der Waals surface area contributed by atoms with E-state index in [4.69, 9.17) is 5.26 Å². The quantitative estimate of drug-likeness (QED) is 0.865. The zero-order valence-corrected chi connectivity index (χ0v) is 12.0. The molecule has 0 amide bonds. The fraction of sp³-hybridized carbons (Fsp3) is 0.143. The Morgan fingerprint density at radius 3 is 2.76 bits per heavy atom. The first-order chi connectivity index (χ1) is 9.95. The maximum atomic E-state index is 13.3. The van der Waals surface area contributed by atoms with E-state index in [1.165, 1.54) is 7.05 Å². The fourth-order valence-electron chi connectivity index (χ4n) is 1.76. The van der Waals surface area contributed by atoms with Gasteiger partial charge < -0.3 is 0 Å². The lowest BCUT2D eigenvalue weighted by Crippen LogP contribution is -2.26. The highest BCUT2D eigenvalue weighted by molar-refractivity contribution is 7.89. The molecule has 1 aromatic heterocycles. The van der Waals surface area contributed by atoms with Crippen molar-refractivity contribution in [3.63, 3.8) is 0 Å². The topological polar surface area (TPSA) is 74.1 Å². The Labute approximate surface area is 122 Å². The van der Waals surface area contributed by atoms with Gasteiger partial charge in [0.2, 0.25) is 10.0 Å². The number of halogens is 1. The molecule has 0 aliphatic heterocycles. The Morgan fingerprint density at radius 1 is 1.38 bits per heavy atom. The lowest BCUT2D eigenvalue weighted by atomic mass is 10.2. The molecular weight excluding hydrogens is 293 g/mol. The van der Waals surface area contributed by atoms with Gasteiger partial charge >= 0.3 is 0 Å². The van der Waals surface area contributed by atoms with Crippen LogP contribution in [0.25, 0.3) is 0 Å². The van der Waals surface area contributed by atoms with Crippen LogP contribution in [0.5, 0.6) is 0 Å². The van der Waals surface area contributed by atoms with E-state index >= 15 is 0 Å². The van der Waals surface area contributed by atoms with Gasteiger partial charge in [0.15, 0.2) is 0 Å². The third kappa shape index (κ3) is 3.24. The van der Waals surface area contributed by atoms with E-state index in [2.05, 4.69) is 4.98 Å². The van der Waals surface area contributed by atoms with Crippen LogP contribution in [0.3, 0.4) is 0 Å². The number of hydrogen-bond acceptors (Lipinski definition) is 4. The van der Waals surface area contributed by atoms with Crippen molar-refractivity contribution in [2.45, 2.75) is 11.4 Å². The van der Waals surface area contributed by atoms with Gasteiger partial charge in [-0.3, -0.25) is 4.98 Å². The van der Waals surface area contributed by atoms with E-state index in [1.54, 1.807) is 30.6 Å². The second kappa shape index (κ2) is 5.99. The lowest BCUT2D eigenvalue weighted by Gasteiger charge is -2.17. The van der Waals surface area contributed by atoms with Crippen LogP contribution in [0.4, 0.5) is 4.39 Å². The standard InChI is InChI=1S/C14H12FN3O2S/c1-18(10-11-3-2-6-17-9-11)21(19,20)13-4-5-14(15)12(7-13)8-16/h2-7,9H,10H2,1H3. The first-order valence-electron chi connectivity index (χ1n) is 6.00. The Hall–Kier alpha value is -2.30. The molecule has 0 N–H and O–H groups in total. The molecule has 2 rings (SSSR count). The molecule has 5 nitrogen and oxygen atoms in total. The fourth-order valence-corrected chi connectivity index (χ4v) is 2.95. The third-order valence-corrected chi connectivity index (χ3v) is 4.69.